The SMILES string of the molecule is COC(=O)C(CC(C)C)NP(=O)(NC(CC(C)C)C(=O)OC)OC[C@@H](OC)[C@H](O)C(C)(O)n1cnc2c(OC)nc(N)nc21. The summed E-state index contributed by atoms with van der Waals surface area (Å²) in [6.07, 6.45) is -1.39. The molecule has 2 aromatic rings. The lowest BCUT2D eigenvalue weighted by Crippen LogP contribution is -2.51. The van der Waals surface area contributed by atoms with Gasteiger partial charge in [-0.05, 0) is 31.6 Å². The Morgan fingerprint density at radius 2 is 1.55 bits per heavy atom. The summed E-state index contributed by atoms with van der Waals surface area (Å²) in [6, 6.07) is -2.16. The highest BCUT2D eigenvalue weighted by Crippen LogP contribution is 2.41. The van der Waals surface area contributed by atoms with E-state index in [0.29, 0.717) is 0 Å². The van der Waals surface area contributed by atoms with Crippen LogP contribution in [0.15, 0.2) is 6.33 Å². The third-order valence-electron chi connectivity index (χ3n) is 6.74. The van der Waals surface area contributed by atoms with Gasteiger partial charge in [0.2, 0.25) is 11.8 Å². The fourth-order valence-corrected chi connectivity index (χ4v) is 6.30. The van der Waals surface area contributed by atoms with E-state index in [2.05, 4.69) is 25.1 Å². The first-order valence-corrected chi connectivity index (χ1v) is 15.6. The first-order chi connectivity index (χ1) is 20.5. The smallest absolute Gasteiger partial charge is 0.342 e. The van der Waals surface area contributed by atoms with Gasteiger partial charge in [0.1, 0.15) is 24.3 Å². The summed E-state index contributed by atoms with van der Waals surface area (Å²) in [5.41, 5.74) is 3.90. The number of nitrogens with zero attached hydrogens (tertiary/aromatic N) is 4. The van der Waals surface area contributed by atoms with Crippen molar-refractivity contribution in [3.8, 4) is 5.88 Å². The van der Waals surface area contributed by atoms with Crippen LogP contribution in [0.5, 0.6) is 5.88 Å². The molecule has 18 heteroatoms. The van der Waals surface area contributed by atoms with Crippen molar-refractivity contribution >= 4 is 36.7 Å². The van der Waals surface area contributed by atoms with Gasteiger partial charge in [-0.15, -0.1) is 0 Å². The van der Waals surface area contributed by atoms with Gasteiger partial charge in [0, 0.05) is 7.11 Å². The molecule has 250 valence electrons. The minimum Gasteiger partial charge on any atom is -0.479 e. The summed E-state index contributed by atoms with van der Waals surface area (Å²) in [6.45, 7) is 8.14. The summed E-state index contributed by atoms with van der Waals surface area (Å²) in [4.78, 5) is 37.5. The summed E-state index contributed by atoms with van der Waals surface area (Å²) < 4.78 is 41.7. The molecule has 0 fully saturated rings. The molecule has 0 saturated carbocycles. The van der Waals surface area contributed by atoms with E-state index in [1.165, 1.54) is 41.7 Å². The Kier molecular flexibility index (Phi) is 13.5. The van der Waals surface area contributed by atoms with Gasteiger partial charge in [-0.25, -0.2) is 15.2 Å². The fourth-order valence-electron chi connectivity index (χ4n) is 4.48. The lowest BCUT2D eigenvalue weighted by Gasteiger charge is -2.36. The Labute approximate surface area is 256 Å². The zero-order valence-electron chi connectivity index (χ0n) is 26.6. The number of ether oxygens (including phenoxy) is 4. The normalized spacial score (nSPS) is 17.5. The predicted molar refractivity (Wildman–Crippen MR) is 159 cm³/mol. The Morgan fingerprint density at radius 3 is 1.98 bits per heavy atom. The van der Waals surface area contributed by atoms with Crippen molar-refractivity contribution in [2.24, 2.45) is 11.8 Å². The van der Waals surface area contributed by atoms with Gasteiger partial charge in [-0.2, -0.15) is 9.97 Å². The van der Waals surface area contributed by atoms with Crippen LogP contribution in [0.4, 0.5) is 5.95 Å². The van der Waals surface area contributed by atoms with Gasteiger partial charge in [-0.1, -0.05) is 27.7 Å². The number of anilines is 1. The molecule has 2 rings (SSSR count). The van der Waals surface area contributed by atoms with Crippen LogP contribution < -0.4 is 20.6 Å². The standard InChI is InChI=1S/C26H46N7O10P/c1-14(2)10-16(23(35)41-8)31-44(38,32-17(11-15(3)4)24(36)42-9)43-12-18(39-6)20(34)26(5,37)33-13-28-19-21(33)29-25(27)30-22(19)40-7/h13-18,20,34,37H,10-12H2,1-9H3,(H2,27,29,30)(H2,31,32,38)/t16?,17?,18-,20+,26?,44?/m1/s1. The molecule has 0 aliphatic rings. The highest BCUT2D eigenvalue weighted by Gasteiger charge is 2.43. The number of fused-ring (bicyclic) bond motifs is 1. The molecule has 0 spiro atoms. The topological polar surface area (TPSA) is 232 Å². The van der Waals surface area contributed by atoms with Gasteiger partial charge in [0.05, 0.1) is 34.3 Å². The number of nitrogens with one attached hydrogen (secondary N) is 2. The predicted octanol–water partition coefficient (Wildman–Crippen LogP) is 0.937. The zero-order valence-corrected chi connectivity index (χ0v) is 27.5. The number of hydrogen-bond acceptors (Lipinski definition) is 14. The van der Waals surface area contributed by atoms with Crippen LogP contribution in [-0.4, -0.2) is 101 Å². The van der Waals surface area contributed by atoms with E-state index in [-0.39, 0.29) is 47.7 Å². The zero-order chi connectivity index (χ0) is 33.4. The lowest BCUT2D eigenvalue weighted by molar-refractivity contribution is -0.173. The molecule has 17 nitrogen and oxygen atoms in total. The average Bonchev–Trinajstić information content (AvgIpc) is 3.39. The van der Waals surface area contributed by atoms with Crippen LogP contribution in [0, 0.1) is 11.8 Å². The average molecular weight is 648 g/mol. The Morgan fingerprint density at radius 1 is 1.02 bits per heavy atom. The highest BCUT2D eigenvalue weighted by atomic mass is 31.2. The maximum Gasteiger partial charge on any atom is 0.342 e. The molecule has 0 aromatic carbocycles. The molecule has 6 N–H and O–H groups in total. The Balaban J connectivity index is 2.45. The molecule has 44 heavy (non-hydrogen) atoms. The Hall–Kier alpha value is -2.92. The minimum atomic E-state index is -4.30. The van der Waals surface area contributed by atoms with Crippen LogP contribution in [0.2, 0.25) is 0 Å². The molecule has 2 aromatic heterocycles. The third kappa shape index (κ3) is 9.30. The molecule has 0 saturated heterocycles. The number of imidazole rings is 1. The maximum absolute atomic E-state index is 14.3. The number of nitrogens with two attached hydrogens (primary N) is 1. The van der Waals surface area contributed by atoms with E-state index in [4.69, 9.17) is 29.2 Å². The van der Waals surface area contributed by atoms with Crippen molar-refractivity contribution in [2.75, 3.05) is 40.8 Å². The van der Waals surface area contributed by atoms with Crippen LogP contribution in [0.25, 0.3) is 11.2 Å². The molecule has 0 radical (unpaired) electrons. The van der Waals surface area contributed by atoms with Crippen molar-refractivity contribution < 1.29 is 47.8 Å². The van der Waals surface area contributed by atoms with E-state index in [1.54, 1.807) is 0 Å². The van der Waals surface area contributed by atoms with E-state index < -0.39 is 56.2 Å². The van der Waals surface area contributed by atoms with Crippen molar-refractivity contribution in [2.45, 2.75) is 77.5 Å². The van der Waals surface area contributed by atoms with E-state index in [1.807, 2.05) is 27.7 Å². The number of aromatic nitrogens is 4. The number of aliphatic hydroxyl groups excluding tert-OH is 1. The molecule has 2 heterocycles. The quantitative estimate of drug-likeness (QED) is 0.112. The molecule has 0 bridgehead atoms. The lowest BCUT2D eigenvalue weighted by atomic mass is 10.0. The fraction of sp³-hybridized carbons (Fsp3) is 0.731. The van der Waals surface area contributed by atoms with E-state index in [9.17, 15) is 24.4 Å². The number of aliphatic hydroxyl groups is 2. The second-order valence-corrected chi connectivity index (χ2v) is 13.1. The first-order valence-electron chi connectivity index (χ1n) is 14.0. The molecular weight excluding hydrogens is 601 g/mol. The van der Waals surface area contributed by atoms with Crippen molar-refractivity contribution in [1.82, 2.24) is 29.7 Å². The molecule has 0 aliphatic heterocycles. The first kappa shape index (κ1) is 37.3. The van der Waals surface area contributed by atoms with E-state index >= 15 is 0 Å². The number of esters is 2. The van der Waals surface area contributed by atoms with Gasteiger partial charge in [0.15, 0.2) is 16.9 Å². The van der Waals surface area contributed by atoms with Crippen LogP contribution >= 0.6 is 7.67 Å². The number of carbonyl (C=O) groups excluding carboxylic acids is 2. The summed E-state index contributed by atoms with van der Waals surface area (Å²) in [5.74, 6) is -1.52. The van der Waals surface area contributed by atoms with Gasteiger partial charge >= 0.3 is 19.6 Å². The molecular formula is C26H46N7O10P. The largest absolute Gasteiger partial charge is 0.479 e. The summed E-state index contributed by atoms with van der Waals surface area (Å²) in [7, 11) is 0.703. The van der Waals surface area contributed by atoms with Gasteiger partial charge in [-0.3, -0.25) is 18.7 Å². The number of hydrogen-bond donors (Lipinski definition) is 5. The second-order valence-electron chi connectivity index (χ2n) is 11.2. The number of rotatable bonds is 18. The monoisotopic (exact) mass is 647 g/mol. The highest BCUT2D eigenvalue weighted by molar-refractivity contribution is 7.54. The van der Waals surface area contributed by atoms with Crippen molar-refractivity contribution in [3.05, 3.63) is 6.33 Å². The van der Waals surface area contributed by atoms with Crippen LogP contribution in [0.1, 0.15) is 47.5 Å². The second kappa shape index (κ2) is 15.9. The number of methoxy groups -OCH3 is 4. The molecule has 3 unspecified atom stereocenters. The Bertz CT molecular complexity index is 1270. The van der Waals surface area contributed by atoms with Crippen LogP contribution in [-0.2, 0) is 38.6 Å². The van der Waals surface area contributed by atoms with Crippen LogP contribution in [0.3, 0.4) is 0 Å². The number of nitrogen functional groups attached to an aromatic ring is 1. The van der Waals surface area contributed by atoms with Crippen molar-refractivity contribution in [3.63, 3.8) is 0 Å². The van der Waals surface area contributed by atoms with Gasteiger partial charge in [0.25, 0.3) is 0 Å². The van der Waals surface area contributed by atoms with E-state index in [0.717, 1.165) is 4.57 Å². The molecule has 0 aliphatic carbocycles. The maximum atomic E-state index is 14.3. The van der Waals surface area contributed by atoms with Gasteiger partial charge < -0.3 is 39.4 Å². The number of carbonyl (C=O) groups is 2. The summed E-state index contributed by atoms with van der Waals surface area (Å²) in [5, 5.41) is 28.2. The minimum absolute atomic E-state index is 0.0164. The summed E-state index contributed by atoms with van der Waals surface area (Å²) >= 11 is 0. The van der Waals surface area contributed by atoms with Crippen molar-refractivity contribution in [1.29, 1.82) is 0 Å². The molecule has 0 amide bonds. The molecule has 5 atom stereocenters. The third-order valence-corrected chi connectivity index (χ3v) is 8.55.